The topological polar surface area (TPSA) is 91.9 Å². The first-order valence-corrected chi connectivity index (χ1v) is 9.71. The van der Waals surface area contributed by atoms with Gasteiger partial charge in [0.05, 0.1) is 27.2 Å². The summed E-state index contributed by atoms with van der Waals surface area (Å²) in [5.74, 6) is 0.899. The van der Waals surface area contributed by atoms with Gasteiger partial charge in [-0.3, -0.25) is 0 Å². The van der Waals surface area contributed by atoms with E-state index < -0.39 is 5.97 Å². The van der Waals surface area contributed by atoms with E-state index in [0.717, 1.165) is 11.0 Å². The van der Waals surface area contributed by atoms with Gasteiger partial charge in [-0.25, -0.2) is 9.78 Å². The van der Waals surface area contributed by atoms with Crippen molar-refractivity contribution in [2.24, 2.45) is 0 Å². The first-order chi connectivity index (χ1) is 15.1. The maximum atomic E-state index is 12.2. The number of aromatic nitrogens is 2. The van der Waals surface area contributed by atoms with Gasteiger partial charge in [0.25, 0.3) is 0 Å². The SMILES string of the molecule is C=CCOC(=O)c1cc(-c2ccc(C=C(C#N)c3nc4ccccc4[nH]3)o2)ccc1Cl. The number of halogens is 1. The predicted molar refractivity (Wildman–Crippen MR) is 119 cm³/mol. The molecule has 0 aliphatic carbocycles. The van der Waals surface area contributed by atoms with Gasteiger partial charge in [-0.2, -0.15) is 5.26 Å². The zero-order chi connectivity index (χ0) is 21.8. The largest absolute Gasteiger partial charge is 0.458 e. The Kier molecular flexibility index (Phi) is 5.69. The highest BCUT2D eigenvalue weighted by molar-refractivity contribution is 6.33. The summed E-state index contributed by atoms with van der Waals surface area (Å²) in [5, 5.41) is 9.87. The van der Waals surface area contributed by atoms with Crippen molar-refractivity contribution in [3.8, 4) is 17.4 Å². The zero-order valence-corrected chi connectivity index (χ0v) is 17.0. The molecular formula is C24H16ClN3O3. The van der Waals surface area contributed by atoms with Crippen LogP contribution in [-0.4, -0.2) is 22.5 Å². The Hall–Kier alpha value is -4.08. The van der Waals surface area contributed by atoms with Crippen molar-refractivity contribution in [3.63, 3.8) is 0 Å². The number of ether oxygens (including phenoxy) is 1. The maximum absolute atomic E-state index is 12.2. The first-order valence-electron chi connectivity index (χ1n) is 9.33. The molecule has 0 fully saturated rings. The van der Waals surface area contributed by atoms with E-state index in [-0.39, 0.29) is 17.2 Å². The molecule has 31 heavy (non-hydrogen) atoms. The number of hydrogen-bond acceptors (Lipinski definition) is 5. The summed E-state index contributed by atoms with van der Waals surface area (Å²) in [6.45, 7) is 3.61. The molecule has 0 aliphatic heterocycles. The minimum absolute atomic E-state index is 0.0911. The van der Waals surface area contributed by atoms with Crippen LogP contribution in [0.1, 0.15) is 21.9 Å². The number of nitrogens with one attached hydrogen (secondary N) is 1. The van der Waals surface area contributed by atoms with Crippen molar-refractivity contribution in [1.29, 1.82) is 5.26 Å². The molecule has 0 unspecified atom stereocenters. The normalized spacial score (nSPS) is 11.3. The molecule has 2 aromatic heterocycles. The molecule has 0 amide bonds. The maximum Gasteiger partial charge on any atom is 0.339 e. The van der Waals surface area contributed by atoms with Gasteiger partial charge in [0, 0.05) is 11.6 Å². The third kappa shape index (κ3) is 4.27. The molecule has 4 rings (SSSR count). The molecular weight excluding hydrogens is 414 g/mol. The lowest BCUT2D eigenvalue weighted by molar-refractivity contribution is 0.0550. The Labute approximate surface area is 183 Å². The predicted octanol–water partition coefficient (Wildman–Crippen LogP) is 5.88. The summed E-state index contributed by atoms with van der Waals surface area (Å²) in [6.07, 6.45) is 3.09. The number of fused-ring (bicyclic) bond motifs is 1. The standard InChI is InChI=1S/C24H16ClN3O3/c1-2-11-30-24(29)18-13-15(7-9-19(18)25)22-10-8-17(31-22)12-16(14-26)23-27-20-5-3-4-6-21(20)28-23/h2-10,12-13H,1,11H2,(H,27,28). The van der Waals surface area contributed by atoms with Gasteiger partial charge in [-0.05, 0) is 42.5 Å². The monoisotopic (exact) mass is 429 g/mol. The number of nitrogens with zero attached hydrogens (tertiary/aromatic N) is 2. The van der Waals surface area contributed by atoms with Gasteiger partial charge in [-0.15, -0.1) is 0 Å². The summed E-state index contributed by atoms with van der Waals surface area (Å²) in [7, 11) is 0. The van der Waals surface area contributed by atoms with Gasteiger partial charge in [0.1, 0.15) is 30.0 Å². The van der Waals surface area contributed by atoms with Crippen LogP contribution >= 0.6 is 11.6 Å². The summed E-state index contributed by atoms with van der Waals surface area (Å²) in [6, 6.07) is 18.1. The van der Waals surface area contributed by atoms with Crippen molar-refractivity contribution >= 4 is 40.3 Å². The summed E-state index contributed by atoms with van der Waals surface area (Å²) in [5.41, 5.74) is 2.83. The van der Waals surface area contributed by atoms with Crippen LogP contribution in [0, 0.1) is 11.3 Å². The number of benzene rings is 2. The van der Waals surface area contributed by atoms with Crippen molar-refractivity contribution in [3.05, 3.63) is 89.4 Å². The molecule has 0 bridgehead atoms. The number of nitriles is 1. The van der Waals surface area contributed by atoms with E-state index in [1.165, 1.54) is 6.08 Å². The summed E-state index contributed by atoms with van der Waals surface area (Å²) in [4.78, 5) is 19.8. The second-order valence-corrected chi connectivity index (χ2v) is 6.96. The van der Waals surface area contributed by atoms with Crippen molar-refractivity contribution < 1.29 is 13.9 Å². The van der Waals surface area contributed by atoms with E-state index in [0.29, 0.717) is 28.5 Å². The molecule has 6 nitrogen and oxygen atoms in total. The van der Waals surface area contributed by atoms with E-state index in [4.69, 9.17) is 20.8 Å². The summed E-state index contributed by atoms with van der Waals surface area (Å²) < 4.78 is 10.9. The van der Waals surface area contributed by atoms with Gasteiger partial charge in [-0.1, -0.05) is 36.4 Å². The van der Waals surface area contributed by atoms with Gasteiger partial charge < -0.3 is 14.1 Å². The average molecular weight is 430 g/mol. The Morgan fingerprint density at radius 3 is 2.87 bits per heavy atom. The third-order valence-electron chi connectivity index (χ3n) is 4.48. The molecule has 152 valence electrons. The van der Waals surface area contributed by atoms with Crippen molar-refractivity contribution in [2.75, 3.05) is 6.61 Å². The fourth-order valence-corrected chi connectivity index (χ4v) is 3.20. The van der Waals surface area contributed by atoms with E-state index in [1.807, 2.05) is 24.3 Å². The fraction of sp³-hybridized carbons (Fsp3) is 0.0417. The Balaban J connectivity index is 1.64. The molecule has 0 radical (unpaired) electrons. The molecule has 0 saturated heterocycles. The number of H-pyrrole nitrogens is 1. The van der Waals surface area contributed by atoms with E-state index in [2.05, 4.69) is 22.6 Å². The van der Waals surface area contributed by atoms with Crippen LogP contribution < -0.4 is 0 Å². The highest BCUT2D eigenvalue weighted by Gasteiger charge is 2.15. The first kappa shape index (κ1) is 20.2. The molecule has 0 saturated carbocycles. The minimum Gasteiger partial charge on any atom is -0.458 e. The van der Waals surface area contributed by atoms with Gasteiger partial charge in [0.15, 0.2) is 0 Å². The van der Waals surface area contributed by atoms with Crippen LogP contribution in [0.4, 0.5) is 0 Å². The Morgan fingerprint density at radius 1 is 1.26 bits per heavy atom. The van der Waals surface area contributed by atoms with Crippen LogP contribution in [0.15, 0.2) is 71.7 Å². The van der Waals surface area contributed by atoms with Crippen LogP contribution in [0.3, 0.4) is 0 Å². The van der Waals surface area contributed by atoms with Crippen molar-refractivity contribution in [2.45, 2.75) is 0 Å². The lowest BCUT2D eigenvalue weighted by Gasteiger charge is -2.06. The van der Waals surface area contributed by atoms with Crippen molar-refractivity contribution in [1.82, 2.24) is 9.97 Å². The summed E-state index contributed by atoms with van der Waals surface area (Å²) >= 11 is 6.14. The number of furan rings is 1. The van der Waals surface area contributed by atoms with Crippen LogP contribution in [0.5, 0.6) is 0 Å². The van der Waals surface area contributed by atoms with E-state index in [1.54, 1.807) is 36.4 Å². The average Bonchev–Trinajstić information content (AvgIpc) is 3.43. The number of allylic oxidation sites excluding steroid dienone is 1. The quantitative estimate of drug-likeness (QED) is 0.234. The molecule has 0 atom stereocenters. The number of para-hydroxylation sites is 2. The highest BCUT2D eigenvalue weighted by Crippen LogP contribution is 2.29. The Morgan fingerprint density at radius 2 is 2.10 bits per heavy atom. The number of rotatable bonds is 6. The number of imidazole rings is 1. The van der Waals surface area contributed by atoms with Crippen LogP contribution in [0.2, 0.25) is 5.02 Å². The van der Waals surface area contributed by atoms with Gasteiger partial charge >= 0.3 is 5.97 Å². The second-order valence-electron chi connectivity index (χ2n) is 6.56. The lowest BCUT2D eigenvalue weighted by Crippen LogP contribution is -2.05. The minimum atomic E-state index is -0.546. The van der Waals surface area contributed by atoms with Crippen LogP contribution in [0.25, 0.3) is 34.0 Å². The zero-order valence-electron chi connectivity index (χ0n) is 16.3. The molecule has 0 spiro atoms. The molecule has 2 heterocycles. The number of carbonyl (C=O) groups excluding carboxylic acids is 1. The number of carbonyl (C=O) groups is 1. The third-order valence-corrected chi connectivity index (χ3v) is 4.81. The smallest absolute Gasteiger partial charge is 0.339 e. The number of hydrogen-bond donors (Lipinski definition) is 1. The lowest BCUT2D eigenvalue weighted by atomic mass is 10.1. The second kappa shape index (κ2) is 8.74. The van der Waals surface area contributed by atoms with Crippen LogP contribution in [-0.2, 0) is 4.74 Å². The Bertz CT molecular complexity index is 1320. The fourth-order valence-electron chi connectivity index (χ4n) is 3.01. The highest BCUT2D eigenvalue weighted by atomic mass is 35.5. The molecule has 0 aliphatic rings. The molecule has 7 heteroatoms. The number of esters is 1. The van der Waals surface area contributed by atoms with E-state index in [9.17, 15) is 10.1 Å². The molecule has 2 aromatic carbocycles. The molecule has 4 aromatic rings. The number of aromatic amines is 1. The molecule has 1 N–H and O–H groups in total. The van der Waals surface area contributed by atoms with Gasteiger partial charge in [0.2, 0.25) is 0 Å². The van der Waals surface area contributed by atoms with E-state index >= 15 is 0 Å².